The summed E-state index contributed by atoms with van der Waals surface area (Å²) >= 11 is 0. The van der Waals surface area contributed by atoms with Gasteiger partial charge in [-0.15, -0.1) is 0 Å². The van der Waals surface area contributed by atoms with Crippen LogP contribution >= 0.6 is 0 Å². The van der Waals surface area contributed by atoms with E-state index in [1.807, 2.05) is 0 Å². The second-order valence-corrected chi connectivity index (χ2v) is 6.26. The highest BCUT2D eigenvalue weighted by molar-refractivity contribution is 5.33. The van der Waals surface area contributed by atoms with Crippen molar-refractivity contribution < 1.29 is 0 Å². The highest BCUT2D eigenvalue weighted by atomic mass is 14.6. The first kappa shape index (κ1) is 12.5. The first-order chi connectivity index (χ1) is 9.20. The van der Waals surface area contributed by atoms with Gasteiger partial charge >= 0.3 is 0 Å². The van der Waals surface area contributed by atoms with Crippen molar-refractivity contribution >= 4 is 0 Å². The van der Waals surface area contributed by atoms with E-state index in [9.17, 15) is 0 Å². The molecule has 0 saturated heterocycles. The Morgan fingerprint density at radius 1 is 1.00 bits per heavy atom. The minimum atomic E-state index is 0.412. The number of hydrogen-bond acceptors (Lipinski definition) is 0. The van der Waals surface area contributed by atoms with Crippen molar-refractivity contribution in [1.82, 2.24) is 0 Å². The Kier molecular flexibility index (Phi) is 3.18. The molecule has 3 rings (SSSR count). The highest BCUT2D eigenvalue weighted by Gasteiger charge is 2.53. The summed E-state index contributed by atoms with van der Waals surface area (Å²) < 4.78 is 0. The predicted octanol–water partition coefficient (Wildman–Crippen LogP) is 4.84. The summed E-state index contributed by atoms with van der Waals surface area (Å²) in [6.07, 6.45) is 2.54. The van der Waals surface area contributed by atoms with E-state index in [4.69, 9.17) is 0 Å². The molecule has 98 valence electrons. The third kappa shape index (κ3) is 2.45. The predicted molar refractivity (Wildman–Crippen MR) is 81.2 cm³/mol. The molecule has 0 heteroatoms. The molecular formula is C19H22. The molecule has 0 aromatic heterocycles. The lowest BCUT2D eigenvalue weighted by Gasteiger charge is -2.17. The minimum Gasteiger partial charge on any atom is -0.0622 e. The quantitative estimate of drug-likeness (QED) is 0.728. The van der Waals surface area contributed by atoms with Gasteiger partial charge in [0.25, 0.3) is 0 Å². The zero-order chi connectivity index (χ0) is 13.3. The molecule has 3 atom stereocenters. The summed E-state index contributed by atoms with van der Waals surface area (Å²) in [6, 6.07) is 21.9. The fraction of sp³-hybridized carbons (Fsp3) is 0.368. The molecule has 0 spiro atoms. The number of benzene rings is 2. The van der Waals surface area contributed by atoms with Crippen molar-refractivity contribution in [2.75, 3.05) is 0 Å². The molecule has 0 aliphatic heterocycles. The van der Waals surface area contributed by atoms with E-state index in [-0.39, 0.29) is 0 Å². The van der Waals surface area contributed by atoms with Gasteiger partial charge in [-0.25, -0.2) is 0 Å². The van der Waals surface area contributed by atoms with Crippen LogP contribution in [0.1, 0.15) is 31.4 Å². The molecule has 0 nitrogen and oxygen atoms in total. The largest absolute Gasteiger partial charge is 0.0622 e. The van der Waals surface area contributed by atoms with Gasteiger partial charge in [0.05, 0.1) is 0 Å². The van der Waals surface area contributed by atoms with Gasteiger partial charge in [-0.3, -0.25) is 0 Å². The molecule has 1 aliphatic rings. The molecule has 2 aromatic carbocycles. The molecule has 0 amide bonds. The Hall–Kier alpha value is -1.56. The fourth-order valence-electron chi connectivity index (χ4n) is 3.51. The maximum absolute atomic E-state index is 2.43. The summed E-state index contributed by atoms with van der Waals surface area (Å²) in [5.41, 5.74) is 3.40. The third-order valence-electron chi connectivity index (χ3n) is 4.82. The van der Waals surface area contributed by atoms with Crippen LogP contribution in [-0.2, 0) is 11.8 Å². The Morgan fingerprint density at radius 3 is 2.21 bits per heavy atom. The second kappa shape index (κ2) is 4.85. The van der Waals surface area contributed by atoms with Gasteiger partial charge in [0, 0.05) is 0 Å². The SMILES string of the molecule is CC(Cc1ccccc1)C1CC1(C)c1ccccc1. The van der Waals surface area contributed by atoms with Crippen LogP contribution in [0.2, 0.25) is 0 Å². The van der Waals surface area contributed by atoms with Gasteiger partial charge in [0.15, 0.2) is 0 Å². The van der Waals surface area contributed by atoms with E-state index in [1.54, 1.807) is 0 Å². The number of hydrogen-bond donors (Lipinski definition) is 0. The van der Waals surface area contributed by atoms with Gasteiger partial charge < -0.3 is 0 Å². The lowest BCUT2D eigenvalue weighted by molar-refractivity contribution is 0.457. The van der Waals surface area contributed by atoms with Crippen LogP contribution < -0.4 is 0 Å². The molecule has 0 bridgehead atoms. The van der Waals surface area contributed by atoms with Gasteiger partial charge in [0.1, 0.15) is 0 Å². The second-order valence-electron chi connectivity index (χ2n) is 6.26. The van der Waals surface area contributed by atoms with Gasteiger partial charge in [-0.2, -0.15) is 0 Å². The maximum atomic E-state index is 2.43. The van der Waals surface area contributed by atoms with Gasteiger partial charge in [0.2, 0.25) is 0 Å². The highest BCUT2D eigenvalue weighted by Crippen LogP contribution is 2.57. The monoisotopic (exact) mass is 250 g/mol. The van der Waals surface area contributed by atoms with Crippen LogP contribution in [0, 0.1) is 11.8 Å². The molecule has 3 unspecified atom stereocenters. The van der Waals surface area contributed by atoms with Crippen LogP contribution in [0.5, 0.6) is 0 Å². The molecule has 1 fully saturated rings. The first-order valence-corrected chi connectivity index (χ1v) is 7.29. The van der Waals surface area contributed by atoms with Crippen molar-refractivity contribution in [2.45, 2.75) is 32.1 Å². The van der Waals surface area contributed by atoms with Crippen molar-refractivity contribution in [3.63, 3.8) is 0 Å². The lowest BCUT2D eigenvalue weighted by Crippen LogP contribution is -2.11. The van der Waals surface area contributed by atoms with Crippen molar-refractivity contribution in [2.24, 2.45) is 11.8 Å². The van der Waals surface area contributed by atoms with E-state index in [0.29, 0.717) is 5.41 Å². The molecule has 1 saturated carbocycles. The Balaban J connectivity index is 1.69. The standard InChI is InChI=1S/C19H22/c1-15(13-16-9-5-3-6-10-16)18-14-19(18,2)17-11-7-4-8-12-17/h3-12,15,18H,13-14H2,1-2H3. The fourth-order valence-corrected chi connectivity index (χ4v) is 3.51. The summed E-state index contributed by atoms with van der Waals surface area (Å²) in [5, 5.41) is 0. The van der Waals surface area contributed by atoms with E-state index in [0.717, 1.165) is 11.8 Å². The third-order valence-corrected chi connectivity index (χ3v) is 4.82. The number of rotatable bonds is 4. The average molecular weight is 250 g/mol. The average Bonchev–Trinajstić information content (AvgIpc) is 3.15. The first-order valence-electron chi connectivity index (χ1n) is 7.29. The molecular weight excluding hydrogens is 228 g/mol. The molecule has 0 heterocycles. The van der Waals surface area contributed by atoms with E-state index < -0.39 is 0 Å². The Morgan fingerprint density at radius 2 is 1.58 bits per heavy atom. The van der Waals surface area contributed by atoms with Crippen molar-refractivity contribution in [3.8, 4) is 0 Å². The van der Waals surface area contributed by atoms with Gasteiger partial charge in [-0.05, 0) is 41.2 Å². The maximum Gasteiger partial charge on any atom is -0.00410 e. The van der Waals surface area contributed by atoms with E-state index in [1.165, 1.54) is 24.0 Å². The van der Waals surface area contributed by atoms with E-state index >= 15 is 0 Å². The Bertz CT molecular complexity index is 528. The van der Waals surface area contributed by atoms with Crippen molar-refractivity contribution in [3.05, 3.63) is 71.8 Å². The summed E-state index contributed by atoms with van der Waals surface area (Å²) in [7, 11) is 0. The Labute approximate surface area is 116 Å². The summed E-state index contributed by atoms with van der Waals surface area (Å²) in [6.45, 7) is 4.83. The smallest absolute Gasteiger partial charge is 0.00410 e. The summed E-state index contributed by atoms with van der Waals surface area (Å²) in [5.74, 6) is 1.59. The molecule has 0 N–H and O–H groups in total. The zero-order valence-electron chi connectivity index (χ0n) is 11.8. The lowest BCUT2D eigenvalue weighted by atomic mass is 9.88. The van der Waals surface area contributed by atoms with Crippen LogP contribution in [0.3, 0.4) is 0 Å². The molecule has 2 aromatic rings. The normalized spacial score (nSPS) is 26.9. The minimum absolute atomic E-state index is 0.412. The van der Waals surface area contributed by atoms with Crippen LogP contribution in [0.4, 0.5) is 0 Å². The molecule has 0 radical (unpaired) electrons. The zero-order valence-corrected chi connectivity index (χ0v) is 11.8. The van der Waals surface area contributed by atoms with Crippen LogP contribution in [0.25, 0.3) is 0 Å². The van der Waals surface area contributed by atoms with Crippen LogP contribution in [-0.4, -0.2) is 0 Å². The molecule has 19 heavy (non-hydrogen) atoms. The van der Waals surface area contributed by atoms with Gasteiger partial charge in [-0.1, -0.05) is 74.5 Å². The molecule has 1 aliphatic carbocycles. The summed E-state index contributed by atoms with van der Waals surface area (Å²) in [4.78, 5) is 0. The van der Waals surface area contributed by atoms with E-state index in [2.05, 4.69) is 74.5 Å². The van der Waals surface area contributed by atoms with Crippen LogP contribution in [0.15, 0.2) is 60.7 Å². The van der Waals surface area contributed by atoms with Crippen molar-refractivity contribution in [1.29, 1.82) is 0 Å². The topological polar surface area (TPSA) is 0 Å².